The maximum Gasteiger partial charge on any atom is 0.253 e. The maximum absolute atomic E-state index is 12.9. The number of rotatable bonds is 8. The minimum atomic E-state index is -0.324. The van der Waals surface area contributed by atoms with E-state index in [-0.39, 0.29) is 18.0 Å². The van der Waals surface area contributed by atoms with Gasteiger partial charge in [0.2, 0.25) is 5.95 Å². The second-order valence-corrected chi connectivity index (χ2v) is 8.30. The molecule has 3 heterocycles. The van der Waals surface area contributed by atoms with Gasteiger partial charge in [-0.3, -0.25) is 9.48 Å². The van der Waals surface area contributed by atoms with Gasteiger partial charge >= 0.3 is 0 Å². The minimum Gasteiger partial charge on any atom is -0.496 e. The number of piperidine rings is 1. The number of anilines is 2. The van der Waals surface area contributed by atoms with Gasteiger partial charge in [0.15, 0.2) is 5.82 Å². The lowest BCUT2D eigenvalue weighted by atomic mass is 10.0. The molecule has 0 radical (unpaired) electrons. The van der Waals surface area contributed by atoms with Crippen molar-refractivity contribution >= 4 is 28.7 Å². The van der Waals surface area contributed by atoms with Gasteiger partial charge in [-0.05, 0) is 31.4 Å². The predicted molar refractivity (Wildman–Crippen MR) is 126 cm³/mol. The number of nitrogens with one attached hydrogen (secondary N) is 1. The molecule has 0 unspecified atom stereocenters. The third-order valence-electron chi connectivity index (χ3n) is 5.93. The molecule has 0 saturated carbocycles. The standard InChI is InChI=1S/C23H31N7O3/c1-3-4-9-25-21-20-18(27-23(24)28-21)13-26-30(20)14-16-6-5-15(12-19(16)33-2)22(32)29-10-7-17(31)8-11-29/h5-6,12-13,17,31H,3-4,7-11,14H2,1-2H3,(H3,24,25,27,28). The molecule has 1 aromatic carbocycles. The van der Waals surface area contributed by atoms with Crippen LogP contribution in [0.5, 0.6) is 5.75 Å². The highest BCUT2D eigenvalue weighted by atomic mass is 16.5. The van der Waals surface area contributed by atoms with E-state index in [1.54, 1.807) is 24.3 Å². The number of hydrogen-bond donors (Lipinski definition) is 3. The number of ether oxygens (including phenoxy) is 1. The fourth-order valence-corrected chi connectivity index (χ4v) is 4.06. The molecule has 0 aliphatic carbocycles. The molecule has 1 saturated heterocycles. The number of methoxy groups -OCH3 is 1. The van der Waals surface area contributed by atoms with Crippen LogP contribution in [0.1, 0.15) is 48.5 Å². The largest absolute Gasteiger partial charge is 0.496 e. The van der Waals surface area contributed by atoms with Crippen LogP contribution in [0.3, 0.4) is 0 Å². The first-order chi connectivity index (χ1) is 16.0. The lowest BCUT2D eigenvalue weighted by Crippen LogP contribution is -2.40. The zero-order valence-electron chi connectivity index (χ0n) is 19.1. The van der Waals surface area contributed by atoms with Crippen molar-refractivity contribution in [2.75, 3.05) is 37.8 Å². The zero-order valence-corrected chi connectivity index (χ0v) is 19.1. The molecule has 1 aliphatic rings. The summed E-state index contributed by atoms with van der Waals surface area (Å²) in [5.74, 6) is 1.41. The first-order valence-electron chi connectivity index (χ1n) is 11.4. The van der Waals surface area contributed by atoms with E-state index in [0.29, 0.717) is 55.1 Å². The summed E-state index contributed by atoms with van der Waals surface area (Å²) in [5.41, 5.74) is 8.76. The Labute approximate surface area is 192 Å². The van der Waals surface area contributed by atoms with Crippen LogP contribution in [-0.2, 0) is 6.54 Å². The second kappa shape index (κ2) is 10.0. The van der Waals surface area contributed by atoms with E-state index in [1.165, 1.54) is 0 Å². The quantitative estimate of drug-likeness (QED) is 0.443. The molecule has 0 spiro atoms. The van der Waals surface area contributed by atoms with Gasteiger partial charge < -0.3 is 25.8 Å². The summed E-state index contributed by atoms with van der Waals surface area (Å²) in [4.78, 5) is 23.4. The second-order valence-electron chi connectivity index (χ2n) is 8.30. The molecule has 0 atom stereocenters. The Balaban J connectivity index is 1.59. The summed E-state index contributed by atoms with van der Waals surface area (Å²) in [6.07, 6.45) is 4.64. The van der Waals surface area contributed by atoms with Gasteiger partial charge in [-0.25, -0.2) is 4.98 Å². The van der Waals surface area contributed by atoms with Gasteiger partial charge in [0.25, 0.3) is 5.91 Å². The number of aliphatic hydroxyl groups excluding tert-OH is 1. The fraction of sp³-hybridized carbons (Fsp3) is 0.478. The van der Waals surface area contributed by atoms with Crippen molar-refractivity contribution in [2.45, 2.75) is 45.3 Å². The number of fused-ring (bicyclic) bond motifs is 1. The van der Waals surface area contributed by atoms with Gasteiger partial charge in [0, 0.05) is 30.8 Å². The highest BCUT2D eigenvalue weighted by molar-refractivity contribution is 5.95. The lowest BCUT2D eigenvalue weighted by Gasteiger charge is -2.29. The smallest absolute Gasteiger partial charge is 0.253 e. The number of likely N-dealkylation sites (tertiary alicyclic amines) is 1. The number of amides is 1. The molecule has 3 aromatic rings. The van der Waals surface area contributed by atoms with E-state index >= 15 is 0 Å². The van der Waals surface area contributed by atoms with Gasteiger partial charge in [-0.2, -0.15) is 10.1 Å². The molecule has 2 aromatic heterocycles. The molecule has 176 valence electrons. The minimum absolute atomic E-state index is 0.0532. The average Bonchev–Trinajstić information content (AvgIpc) is 3.22. The Hall–Kier alpha value is -3.40. The number of hydrogen-bond acceptors (Lipinski definition) is 8. The summed E-state index contributed by atoms with van der Waals surface area (Å²) in [5, 5.41) is 17.5. The number of carbonyl (C=O) groups excluding carboxylic acids is 1. The van der Waals surface area contributed by atoms with Crippen LogP contribution in [0.4, 0.5) is 11.8 Å². The third-order valence-corrected chi connectivity index (χ3v) is 5.93. The molecular weight excluding hydrogens is 422 g/mol. The maximum atomic E-state index is 12.9. The summed E-state index contributed by atoms with van der Waals surface area (Å²) in [7, 11) is 1.59. The predicted octanol–water partition coefficient (Wildman–Crippen LogP) is 2.27. The van der Waals surface area contributed by atoms with Crippen LogP contribution in [0, 0.1) is 0 Å². The number of nitrogens with two attached hydrogens (primary N) is 1. The number of unbranched alkanes of at least 4 members (excludes halogenated alkanes) is 1. The molecule has 10 nitrogen and oxygen atoms in total. The van der Waals surface area contributed by atoms with Crippen molar-refractivity contribution in [3.8, 4) is 5.75 Å². The fourth-order valence-electron chi connectivity index (χ4n) is 4.06. The first kappa shape index (κ1) is 22.8. The Kier molecular flexibility index (Phi) is 6.93. The normalized spacial score (nSPS) is 14.6. The molecule has 4 N–H and O–H groups in total. The van der Waals surface area contributed by atoms with Gasteiger partial charge in [-0.15, -0.1) is 0 Å². The van der Waals surface area contributed by atoms with Crippen molar-refractivity contribution in [3.63, 3.8) is 0 Å². The third kappa shape index (κ3) is 5.00. The molecule has 4 rings (SSSR count). The van der Waals surface area contributed by atoms with E-state index in [0.717, 1.165) is 30.5 Å². The van der Waals surface area contributed by atoms with Crippen molar-refractivity contribution in [1.82, 2.24) is 24.6 Å². The Morgan fingerprint density at radius 1 is 1.30 bits per heavy atom. The summed E-state index contributed by atoms with van der Waals surface area (Å²) < 4.78 is 7.43. The molecule has 33 heavy (non-hydrogen) atoms. The van der Waals surface area contributed by atoms with Gasteiger partial charge in [0.1, 0.15) is 16.8 Å². The number of nitrogens with zero attached hydrogens (tertiary/aromatic N) is 5. The van der Waals surface area contributed by atoms with E-state index in [2.05, 4.69) is 27.3 Å². The van der Waals surface area contributed by atoms with E-state index in [4.69, 9.17) is 10.5 Å². The summed E-state index contributed by atoms with van der Waals surface area (Å²) in [6.45, 7) is 4.44. The first-order valence-corrected chi connectivity index (χ1v) is 11.4. The summed E-state index contributed by atoms with van der Waals surface area (Å²) in [6, 6.07) is 5.47. The van der Waals surface area contributed by atoms with Crippen LogP contribution in [0.15, 0.2) is 24.4 Å². The molecule has 1 aliphatic heterocycles. The monoisotopic (exact) mass is 453 g/mol. The SMILES string of the molecule is CCCCNc1nc(N)nc2cnn(Cc3ccc(C(=O)N4CCC(O)CC4)cc3OC)c12. The number of nitrogen functional groups attached to an aromatic ring is 1. The van der Waals surface area contributed by atoms with Crippen LogP contribution >= 0.6 is 0 Å². The van der Waals surface area contributed by atoms with Crippen LogP contribution in [0.25, 0.3) is 11.0 Å². The number of carbonyl (C=O) groups is 1. The Bertz CT molecular complexity index is 1120. The van der Waals surface area contributed by atoms with Crippen LogP contribution in [-0.4, -0.2) is 68.5 Å². The van der Waals surface area contributed by atoms with Gasteiger partial charge in [-0.1, -0.05) is 19.4 Å². The molecule has 1 fully saturated rings. The van der Waals surface area contributed by atoms with Gasteiger partial charge in [0.05, 0.1) is 26.0 Å². The van der Waals surface area contributed by atoms with E-state index in [1.807, 2.05) is 16.8 Å². The molecule has 1 amide bonds. The van der Waals surface area contributed by atoms with Crippen molar-refractivity contribution in [1.29, 1.82) is 0 Å². The van der Waals surface area contributed by atoms with E-state index < -0.39 is 0 Å². The summed E-state index contributed by atoms with van der Waals surface area (Å²) >= 11 is 0. The van der Waals surface area contributed by atoms with Crippen molar-refractivity contribution in [3.05, 3.63) is 35.5 Å². The zero-order chi connectivity index (χ0) is 23.4. The number of aromatic nitrogens is 4. The Morgan fingerprint density at radius 2 is 2.09 bits per heavy atom. The number of benzene rings is 1. The van der Waals surface area contributed by atoms with Crippen LogP contribution < -0.4 is 15.8 Å². The van der Waals surface area contributed by atoms with Crippen molar-refractivity contribution < 1.29 is 14.6 Å². The van der Waals surface area contributed by atoms with Crippen LogP contribution in [0.2, 0.25) is 0 Å². The Morgan fingerprint density at radius 3 is 2.82 bits per heavy atom. The molecular formula is C23H31N7O3. The average molecular weight is 454 g/mol. The topological polar surface area (TPSA) is 131 Å². The number of aliphatic hydroxyl groups is 1. The highest BCUT2D eigenvalue weighted by Crippen LogP contribution is 2.27. The molecule has 0 bridgehead atoms. The van der Waals surface area contributed by atoms with Crippen molar-refractivity contribution in [2.24, 2.45) is 0 Å². The van der Waals surface area contributed by atoms with E-state index in [9.17, 15) is 9.90 Å². The molecule has 10 heteroatoms. The highest BCUT2D eigenvalue weighted by Gasteiger charge is 2.23. The lowest BCUT2D eigenvalue weighted by molar-refractivity contribution is 0.0546.